The third kappa shape index (κ3) is 6.28. The Labute approximate surface area is 219 Å². The van der Waals surface area contributed by atoms with E-state index in [9.17, 15) is 9.59 Å². The number of thiophene rings is 1. The highest BCUT2D eigenvalue weighted by atomic mass is 35.5. The lowest BCUT2D eigenvalue weighted by molar-refractivity contribution is -0.120. The first-order valence-corrected chi connectivity index (χ1v) is 13.7. The van der Waals surface area contributed by atoms with Crippen molar-refractivity contribution in [3.8, 4) is 5.75 Å². The number of nitrogens with one attached hydrogen (secondary N) is 1. The molecule has 1 fully saturated rings. The summed E-state index contributed by atoms with van der Waals surface area (Å²) < 4.78 is 11.7. The highest BCUT2D eigenvalue weighted by Crippen LogP contribution is 2.39. The number of rotatable bonds is 11. The number of Topliss-reactive ketones (excluding diaryl/α,β-unsaturated/α-hetero) is 1. The van der Waals surface area contributed by atoms with Gasteiger partial charge in [0.1, 0.15) is 17.6 Å². The van der Waals surface area contributed by atoms with E-state index < -0.39 is 5.54 Å². The van der Waals surface area contributed by atoms with Crippen molar-refractivity contribution >= 4 is 46.9 Å². The van der Waals surface area contributed by atoms with Gasteiger partial charge in [-0.1, -0.05) is 35.9 Å². The van der Waals surface area contributed by atoms with Crippen LogP contribution in [-0.2, 0) is 19.9 Å². The summed E-state index contributed by atoms with van der Waals surface area (Å²) in [6.07, 6.45) is 2.52. The summed E-state index contributed by atoms with van der Waals surface area (Å²) in [4.78, 5) is 26.3. The molecule has 184 valence electrons. The lowest BCUT2D eigenvalue weighted by atomic mass is 9.79. The van der Waals surface area contributed by atoms with Crippen molar-refractivity contribution in [3.63, 3.8) is 0 Å². The predicted molar refractivity (Wildman–Crippen MR) is 142 cm³/mol. The average molecular weight is 530 g/mol. The molecular formula is C27H28ClNO4S2. The van der Waals surface area contributed by atoms with E-state index in [0.29, 0.717) is 30.4 Å². The maximum absolute atomic E-state index is 13.6. The second-order valence-corrected chi connectivity index (χ2v) is 11.0. The molecule has 0 radical (unpaired) electrons. The quantitative estimate of drug-likeness (QED) is 0.240. The molecule has 1 amide bonds. The highest BCUT2D eigenvalue weighted by Gasteiger charge is 2.38. The summed E-state index contributed by atoms with van der Waals surface area (Å²) in [5.74, 6) is 0.721. The van der Waals surface area contributed by atoms with Gasteiger partial charge < -0.3 is 14.8 Å². The smallest absolute Gasteiger partial charge is 0.208 e. The SMILES string of the molecule is CC(Sc1ccccc1Cl)C(=O)CC(NC=O)(c1ccsc1)c1cccc(OC2CCOCC2)c1. The van der Waals surface area contributed by atoms with Crippen LogP contribution in [-0.4, -0.2) is 36.8 Å². The van der Waals surface area contributed by atoms with Crippen molar-refractivity contribution < 1.29 is 19.1 Å². The number of carbonyl (C=O) groups is 2. The van der Waals surface area contributed by atoms with Crippen LogP contribution in [0.25, 0.3) is 0 Å². The van der Waals surface area contributed by atoms with Gasteiger partial charge in [0, 0.05) is 24.2 Å². The first-order chi connectivity index (χ1) is 17.0. The molecule has 35 heavy (non-hydrogen) atoms. The van der Waals surface area contributed by atoms with Gasteiger partial charge in [0.25, 0.3) is 0 Å². The van der Waals surface area contributed by atoms with Gasteiger partial charge in [-0.3, -0.25) is 9.59 Å². The Bertz CT molecular complexity index is 1130. The van der Waals surface area contributed by atoms with E-state index in [2.05, 4.69) is 5.32 Å². The molecule has 1 N–H and O–H groups in total. The van der Waals surface area contributed by atoms with Crippen molar-refractivity contribution in [2.24, 2.45) is 0 Å². The van der Waals surface area contributed by atoms with Crippen molar-refractivity contribution in [1.82, 2.24) is 5.32 Å². The number of carbonyl (C=O) groups excluding carboxylic acids is 2. The Morgan fingerprint density at radius 2 is 2.03 bits per heavy atom. The van der Waals surface area contributed by atoms with E-state index >= 15 is 0 Å². The zero-order chi connectivity index (χ0) is 24.7. The second-order valence-electron chi connectivity index (χ2n) is 8.47. The average Bonchev–Trinajstić information content (AvgIpc) is 3.41. The van der Waals surface area contributed by atoms with Gasteiger partial charge in [0.2, 0.25) is 6.41 Å². The van der Waals surface area contributed by atoms with Crippen LogP contribution in [0.4, 0.5) is 0 Å². The molecule has 1 aromatic heterocycles. The number of halogens is 1. The maximum Gasteiger partial charge on any atom is 0.208 e. The Morgan fingerprint density at radius 1 is 1.23 bits per heavy atom. The molecule has 8 heteroatoms. The normalized spacial score (nSPS) is 16.7. The van der Waals surface area contributed by atoms with E-state index in [-0.39, 0.29) is 23.6 Å². The number of amides is 1. The largest absolute Gasteiger partial charge is 0.490 e. The van der Waals surface area contributed by atoms with Crippen LogP contribution >= 0.6 is 34.7 Å². The van der Waals surface area contributed by atoms with E-state index in [4.69, 9.17) is 21.1 Å². The van der Waals surface area contributed by atoms with Gasteiger partial charge >= 0.3 is 0 Å². The molecule has 0 saturated carbocycles. The van der Waals surface area contributed by atoms with Crippen LogP contribution in [0, 0.1) is 0 Å². The van der Waals surface area contributed by atoms with E-state index in [0.717, 1.165) is 28.9 Å². The molecule has 2 aromatic carbocycles. The third-order valence-electron chi connectivity index (χ3n) is 6.15. The molecule has 0 bridgehead atoms. The lowest BCUT2D eigenvalue weighted by Crippen LogP contribution is -2.45. The van der Waals surface area contributed by atoms with Gasteiger partial charge in [0.15, 0.2) is 0 Å². The van der Waals surface area contributed by atoms with Crippen LogP contribution in [0.2, 0.25) is 5.02 Å². The Hall–Kier alpha value is -2.32. The van der Waals surface area contributed by atoms with E-state index in [1.54, 1.807) is 0 Å². The fraction of sp³-hybridized carbons (Fsp3) is 0.333. The van der Waals surface area contributed by atoms with Crippen LogP contribution in [0.15, 0.2) is 70.3 Å². The summed E-state index contributed by atoms with van der Waals surface area (Å²) in [6.45, 7) is 3.25. The molecule has 2 unspecified atom stereocenters. The fourth-order valence-electron chi connectivity index (χ4n) is 4.22. The van der Waals surface area contributed by atoms with Gasteiger partial charge in [-0.2, -0.15) is 11.3 Å². The molecule has 5 nitrogen and oxygen atoms in total. The monoisotopic (exact) mass is 529 g/mol. The van der Waals surface area contributed by atoms with Crippen molar-refractivity contribution in [2.75, 3.05) is 13.2 Å². The number of hydrogen-bond donors (Lipinski definition) is 1. The lowest BCUT2D eigenvalue weighted by Gasteiger charge is -2.34. The van der Waals surface area contributed by atoms with Gasteiger partial charge in [-0.15, -0.1) is 11.8 Å². The minimum absolute atomic E-state index is 0.00576. The molecule has 4 rings (SSSR count). The van der Waals surface area contributed by atoms with Gasteiger partial charge in [-0.05, 0) is 59.1 Å². The molecule has 2 atom stereocenters. The molecular weight excluding hydrogens is 502 g/mol. The van der Waals surface area contributed by atoms with Crippen LogP contribution in [0.3, 0.4) is 0 Å². The summed E-state index contributed by atoms with van der Waals surface area (Å²) >= 11 is 9.27. The molecule has 3 aromatic rings. The van der Waals surface area contributed by atoms with Crippen molar-refractivity contribution in [2.45, 2.75) is 48.0 Å². The minimum atomic E-state index is -1.01. The second kappa shape index (κ2) is 12.1. The molecule has 1 saturated heterocycles. The van der Waals surface area contributed by atoms with Crippen molar-refractivity contribution in [1.29, 1.82) is 0 Å². The molecule has 0 aliphatic carbocycles. The first-order valence-electron chi connectivity index (χ1n) is 11.5. The van der Waals surface area contributed by atoms with E-state index in [1.807, 2.05) is 72.3 Å². The van der Waals surface area contributed by atoms with Gasteiger partial charge in [-0.25, -0.2) is 0 Å². The van der Waals surface area contributed by atoms with Crippen LogP contribution in [0.1, 0.15) is 37.3 Å². The standard InChI is InChI=1S/C27H28ClNO4S2/c1-19(35-26-8-3-2-7-24(26)28)25(31)16-27(29-18-30,21-11-14-34-17-21)20-5-4-6-23(15-20)33-22-9-12-32-13-10-22/h2-8,11,14-15,17-19,22H,9-10,12-13,16H2,1H3,(H,29,30). The summed E-state index contributed by atoms with van der Waals surface area (Å²) in [6, 6.07) is 17.1. The zero-order valence-electron chi connectivity index (χ0n) is 19.4. The molecule has 2 heterocycles. The summed E-state index contributed by atoms with van der Waals surface area (Å²) in [5.41, 5.74) is 0.653. The summed E-state index contributed by atoms with van der Waals surface area (Å²) in [5, 5.41) is 7.18. The molecule has 1 aliphatic rings. The Balaban J connectivity index is 1.63. The maximum atomic E-state index is 13.6. The topological polar surface area (TPSA) is 64.6 Å². The number of hydrogen-bond acceptors (Lipinski definition) is 6. The summed E-state index contributed by atoms with van der Waals surface area (Å²) in [7, 11) is 0. The highest BCUT2D eigenvalue weighted by molar-refractivity contribution is 8.00. The predicted octanol–water partition coefficient (Wildman–Crippen LogP) is 6.09. The minimum Gasteiger partial charge on any atom is -0.490 e. The zero-order valence-corrected chi connectivity index (χ0v) is 21.8. The molecule has 1 aliphatic heterocycles. The number of thioether (sulfide) groups is 1. The first kappa shape index (κ1) is 25.8. The van der Waals surface area contributed by atoms with E-state index in [1.165, 1.54) is 23.1 Å². The van der Waals surface area contributed by atoms with Crippen LogP contribution < -0.4 is 10.1 Å². The van der Waals surface area contributed by atoms with Crippen molar-refractivity contribution in [3.05, 3.63) is 81.5 Å². The number of ketones is 1. The number of ether oxygens (including phenoxy) is 2. The Kier molecular flexibility index (Phi) is 8.89. The van der Waals surface area contributed by atoms with Gasteiger partial charge in [0.05, 0.1) is 29.0 Å². The van der Waals surface area contributed by atoms with Crippen LogP contribution in [0.5, 0.6) is 5.75 Å². The fourth-order valence-corrected chi connectivity index (χ4v) is 6.15. The number of benzene rings is 2. The Morgan fingerprint density at radius 3 is 2.74 bits per heavy atom. The third-order valence-corrected chi connectivity index (χ3v) is 8.50. The molecule has 0 spiro atoms.